The highest BCUT2D eigenvalue weighted by atomic mass is 32.1. The van der Waals surface area contributed by atoms with Crippen molar-refractivity contribution in [3.05, 3.63) is 92.9 Å². The predicted molar refractivity (Wildman–Crippen MR) is 142 cm³/mol. The first-order valence-corrected chi connectivity index (χ1v) is 13.9. The third-order valence-corrected chi connectivity index (χ3v) is 8.82. The number of amides is 1. The number of nitrogens with zero attached hydrogens (tertiary/aromatic N) is 2. The molecule has 5 rings (SSSR count). The summed E-state index contributed by atoms with van der Waals surface area (Å²) in [7, 11) is 0. The Morgan fingerprint density at radius 2 is 1.80 bits per heavy atom. The Morgan fingerprint density at radius 1 is 1.03 bits per heavy atom. The molecule has 0 saturated carbocycles. The Morgan fingerprint density at radius 3 is 2.49 bits per heavy atom. The van der Waals surface area contributed by atoms with Crippen LogP contribution in [0.2, 0.25) is 0 Å². The van der Waals surface area contributed by atoms with E-state index in [0.29, 0.717) is 17.8 Å². The molecule has 2 atom stereocenters. The zero-order valence-corrected chi connectivity index (χ0v) is 21.6. The van der Waals surface area contributed by atoms with Gasteiger partial charge in [-0.15, -0.1) is 0 Å². The van der Waals surface area contributed by atoms with E-state index in [-0.39, 0.29) is 11.7 Å². The molecule has 1 aromatic heterocycles. The summed E-state index contributed by atoms with van der Waals surface area (Å²) in [6, 6.07) is 15.4. The van der Waals surface area contributed by atoms with Gasteiger partial charge in [0.15, 0.2) is 0 Å². The average Bonchev–Trinajstić information content (AvgIpc) is 3.55. The van der Waals surface area contributed by atoms with Gasteiger partial charge < -0.3 is 9.80 Å². The van der Waals surface area contributed by atoms with Gasteiger partial charge in [0.1, 0.15) is 5.82 Å². The van der Waals surface area contributed by atoms with Gasteiger partial charge in [-0.25, -0.2) is 4.39 Å². The number of carbonyl (C=O) groups is 1. The van der Waals surface area contributed by atoms with E-state index in [1.54, 1.807) is 23.5 Å². The van der Waals surface area contributed by atoms with Gasteiger partial charge in [0.05, 0.1) is 0 Å². The van der Waals surface area contributed by atoms with Crippen molar-refractivity contribution in [1.29, 1.82) is 0 Å². The van der Waals surface area contributed by atoms with Crippen LogP contribution in [0, 0.1) is 18.7 Å². The molecule has 3 nitrogen and oxygen atoms in total. The summed E-state index contributed by atoms with van der Waals surface area (Å²) >= 11 is 1.74. The fourth-order valence-corrected chi connectivity index (χ4v) is 6.87. The highest BCUT2D eigenvalue weighted by Gasteiger charge is 2.38. The van der Waals surface area contributed by atoms with Crippen molar-refractivity contribution in [2.75, 3.05) is 32.7 Å². The fourth-order valence-electron chi connectivity index (χ4n) is 6.14. The monoisotopic (exact) mass is 490 g/mol. The average molecular weight is 491 g/mol. The molecule has 2 fully saturated rings. The molecule has 0 unspecified atom stereocenters. The molecular formula is C30H35FN2OS. The summed E-state index contributed by atoms with van der Waals surface area (Å²) in [6.07, 6.45) is 3.09. The number of hydrogen-bond donors (Lipinski definition) is 0. The lowest BCUT2D eigenvalue weighted by Crippen LogP contribution is -2.38. The van der Waals surface area contributed by atoms with Crippen LogP contribution in [0.3, 0.4) is 0 Å². The van der Waals surface area contributed by atoms with Crippen molar-refractivity contribution >= 4 is 17.2 Å². The van der Waals surface area contributed by atoms with Gasteiger partial charge in [-0.2, -0.15) is 11.3 Å². The van der Waals surface area contributed by atoms with E-state index < -0.39 is 0 Å². The lowest BCUT2D eigenvalue weighted by Gasteiger charge is -2.34. The van der Waals surface area contributed by atoms with Crippen molar-refractivity contribution in [2.24, 2.45) is 5.92 Å². The second kappa shape index (κ2) is 10.6. The summed E-state index contributed by atoms with van der Waals surface area (Å²) in [5, 5.41) is 4.41. The van der Waals surface area contributed by atoms with Crippen LogP contribution in [0.15, 0.2) is 59.3 Å². The van der Waals surface area contributed by atoms with E-state index in [4.69, 9.17) is 0 Å². The Labute approximate surface area is 212 Å². The van der Waals surface area contributed by atoms with Gasteiger partial charge in [-0.1, -0.05) is 31.2 Å². The van der Waals surface area contributed by atoms with E-state index in [1.807, 2.05) is 24.3 Å². The Balaban J connectivity index is 1.28. The van der Waals surface area contributed by atoms with Gasteiger partial charge >= 0.3 is 0 Å². The van der Waals surface area contributed by atoms with E-state index in [2.05, 4.69) is 46.5 Å². The molecule has 3 heterocycles. The molecule has 0 N–H and O–H groups in total. The number of carbonyl (C=O) groups excluding carboxylic acids is 1. The van der Waals surface area contributed by atoms with E-state index in [0.717, 1.165) is 57.5 Å². The second-order valence-electron chi connectivity index (χ2n) is 10.2. The Hall–Kier alpha value is -2.50. The molecule has 2 aromatic carbocycles. The molecule has 0 bridgehead atoms. The number of likely N-dealkylation sites (tertiary alicyclic amines) is 2. The molecule has 0 spiro atoms. The molecule has 2 aliphatic rings. The van der Waals surface area contributed by atoms with Crippen molar-refractivity contribution in [3.8, 4) is 0 Å². The third kappa shape index (κ3) is 5.22. The van der Waals surface area contributed by atoms with Gasteiger partial charge in [0.2, 0.25) is 0 Å². The minimum absolute atomic E-state index is 0.164. The Bertz CT molecular complexity index is 1140. The van der Waals surface area contributed by atoms with E-state index in [1.165, 1.54) is 22.3 Å². The van der Waals surface area contributed by atoms with Crippen LogP contribution in [-0.4, -0.2) is 48.4 Å². The molecule has 2 saturated heterocycles. The highest BCUT2D eigenvalue weighted by molar-refractivity contribution is 7.08. The van der Waals surface area contributed by atoms with Crippen LogP contribution in [0.5, 0.6) is 0 Å². The molecule has 2 aliphatic heterocycles. The lowest BCUT2D eigenvalue weighted by atomic mass is 9.87. The Kier molecular flexibility index (Phi) is 7.35. The first-order chi connectivity index (χ1) is 17.0. The zero-order chi connectivity index (χ0) is 24.4. The van der Waals surface area contributed by atoms with Crippen molar-refractivity contribution in [3.63, 3.8) is 0 Å². The zero-order valence-electron chi connectivity index (χ0n) is 20.8. The van der Waals surface area contributed by atoms with E-state index >= 15 is 0 Å². The summed E-state index contributed by atoms with van der Waals surface area (Å²) in [5.41, 5.74) is 5.88. The van der Waals surface area contributed by atoms with Crippen LogP contribution in [0.25, 0.3) is 0 Å². The summed E-state index contributed by atoms with van der Waals surface area (Å²) in [6.45, 7) is 8.98. The number of halogens is 1. The SMILES string of the molecule is CCc1c(C)cccc1C(=O)N1C[C@@H](CN2CCC(c3ccc(F)cc3)CC2)[C@H](c2ccsc2)C1. The standard InChI is InChI=1S/C30H35FN2OS/c1-3-27-21(2)5-4-6-28(27)30(34)33-18-25(29(19-33)24-13-16-35-20-24)17-32-14-11-23(12-15-32)22-7-9-26(31)10-8-22/h4-10,13,16,20,23,25,29H,3,11-12,14-15,17-19H2,1-2H3/t25-,29+/m1/s1. The molecule has 184 valence electrons. The number of aryl methyl sites for hydroxylation is 1. The smallest absolute Gasteiger partial charge is 0.254 e. The summed E-state index contributed by atoms with van der Waals surface area (Å²) < 4.78 is 13.3. The molecule has 0 radical (unpaired) electrons. The van der Waals surface area contributed by atoms with Crippen molar-refractivity contribution in [2.45, 2.75) is 44.9 Å². The quantitative estimate of drug-likeness (QED) is 0.394. The van der Waals surface area contributed by atoms with Crippen LogP contribution >= 0.6 is 11.3 Å². The van der Waals surface area contributed by atoms with Crippen LogP contribution in [0.4, 0.5) is 4.39 Å². The van der Waals surface area contributed by atoms with Crippen molar-refractivity contribution in [1.82, 2.24) is 9.80 Å². The largest absolute Gasteiger partial charge is 0.338 e. The number of benzene rings is 2. The first kappa shape index (κ1) is 24.2. The maximum atomic E-state index is 13.6. The summed E-state index contributed by atoms with van der Waals surface area (Å²) in [4.78, 5) is 18.3. The normalized spacial score (nSPS) is 21.5. The maximum Gasteiger partial charge on any atom is 0.254 e. The first-order valence-electron chi connectivity index (χ1n) is 12.9. The van der Waals surface area contributed by atoms with Crippen LogP contribution in [-0.2, 0) is 6.42 Å². The number of thiophene rings is 1. The van der Waals surface area contributed by atoms with Crippen molar-refractivity contribution < 1.29 is 9.18 Å². The third-order valence-electron chi connectivity index (χ3n) is 8.12. The van der Waals surface area contributed by atoms with Gasteiger partial charge in [0.25, 0.3) is 5.91 Å². The molecule has 1 amide bonds. The number of rotatable bonds is 6. The highest BCUT2D eigenvalue weighted by Crippen LogP contribution is 2.37. The van der Waals surface area contributed by atoms with E-state index in [9.17, 15) is 9.18 Å². The number of piperidine rings is 1. The van der Waals surface area contributed by atoms with Gasteiger partial charge in [-0.05, 0) is 108 Å². The van der Waals surface area contributed by atoms with Gasteiger partial charge in [0, 0.05) is 31.1 Å². The van der Waals surface area contributed by atoms with Gasteiger partial charge in [-0.3, -0.25) is 4.79 Å². The number of hydrogen-bond acceptors (Lipinski definition) is 3. The van der Waals surface area contributed by atoms with Crippen LogP contribution < -0.4 is 0 Å². The van der Waals surface area contributed by atoms with Crippen LogP contribution in [0.1, 0.15) is 64.2 Å². The molecular weight excluding hydrogens is 455 g/mol. The molecule has 0 aliphatic carbocycles. The molecule has 35 heavy (non-hydrogen) atoms. The lowest BCUT2D eigenvalue weighted by molar-refractivity contribution is 0.0780. The summed E-state index contributed by atoms with van der Waals surface area (Å²) in [5.74, 6) is 1.35. The topological polar surface area (TPSA) is 23.6 Å². The maximum absolute atomic E-state index is 13.6. The molecule has 3 aromatic rings. The minimum Gasteiger partial charge on any atom is -0.338 e. The molecule has 5 heteroatoms. The predicted octanol–water partition coefficient (Wildman–Crippen LogP) is 6.49. The minimum atomic E-state index is -0.164. The second-order valence-corrected chi connectivity index (χ2v) is 11.0. The fraction of sp³-hybridized carbons (Fsp3) is 0.433.